The summed E-state index contributed by atoms with van der Waals surface area (Å²) >= 11 is 13.5. The number of rotatable bonds is 5. The molecule has 0 aliphatic carbocycles. The number of carbonyl (C=O) groups is 2. The molecule has 1 aliphatic heterocycles. The number of hydrogen-bond acceptors (Lipinski definition) is 4. The van der Waals surface area contributed by atoms with Gasteiger partial charge in [0, 0.05) is 42.0 Å². The van der Waals surface area contributed by atoms with E-state index < -0.39 is 0 Å². The molecule has 2 amide bonds. The van der Waals surface area contributed by atoms with Crippen LogP contribution in [0.2, 0.25) is 10.0 Å². The fourth-order valence-corrected chi connectivity index (χ4v) is 4.18. The fourth-order valence-electron chi connectivity index (χ4n) is 2.69. The van der Waals surface area contributed by atoms with Gasteiger partial charge in [0.25, 0.3) is 5.91 Å². The van der Waals surface area contributed by atoms with Gasteiger partial charge in [0.1, 0.15) is 0 Å². The average molecular weight is 413 g/mol. The molecule has 2 aromatic rings. The van der Waals surface area contributed by atoms with Gasteiger partial charge in [0.05, 0.1) is 12.0 Å². The van der Waals surface area contributed by atoms with E-state index in [1.807, 2.05) is 6.07 Å². The molecule has 0 bridgehead atoms. The first-order chi connectivity index (χ1) is 12.5. The molecule has 1 saturated heterocycles. The minimum atomic E-state index is -0.131. The normalized spacial score (nSPS) is 14.5. The Bertz CT molecular complexity index is 775. The van der Waals surface area contributed by atoms with E-state index in [1.165, 1.54) is 18.0 Å². The van der Waals surface area contributed by atoms with Gasteiger partial charge in [-0.2, -0.15) is 0 Å². The number of piperazine rings is 1. The molecule has 26 heavy (non-hydrogen) atoms. The summed E-state index contributed by atoms with van der Waals surface area (Å²) in [5.41, 5.74) is 0.961. The van der Waals surface area contributed by atoms with Gasteiger partial charge in [-0.1, -0.05) is 29.3 Å². The van der Waals surface area contributed by atoms with Gasteiger partial charge >= 0.3 is 0 Å². The Morgan fingerprint density at radius 1 is 1.08 bits per heavy atom. The van der Waals surface area contributed by atoms with E-state index >= 15 is 0 Å². The van der Waals surface area contributed by atoms with E-state index in [4.69, 9.17) is 27.6 Å². The number of thioether (sulfide) groups is 1. The highest BCUT2D eigenvalue weighted by Gasteiger charge is 2.25. The van der Waals surface area contributed by atoms with Crippen LogP contribution in [-0.2, 0) is 10.5 Å². The van der Waals surface area contributed by atoms with Crippen molar-refractivity contribution in [2.75, 3.05) is 31.9 Å². The van der Waals surface area contributed by atoms with Gasteiger partial charge in [-0.25, -0.2) is 0 Å². The maximum absolute atomic E-state index is 12.4. The highest BCUT2D eigenvalue weighted by molar-refractivity contribution is 7.99. The summed E-state index contributed by atoms with van der Waals surface area (Å²) in [5, 5.41) is 1.21. The standard InChI is InChI=1S/C18H18Cl2N2O3S/c19-14-4-3-13(15(20)10-14)11-26-12-17(23)21-5-7-22(8-6-21)18(24)16-2-1-9-25-16/h1-4,9-10H,5-8,11-12H2. The van der Waals surface area contributed by atoms with E-state index in [1.54, 1.807) is 34.1 Å². The third-order valence-corrected chi connectivity index (χ3v) is 5.70. The molecule has 1 aromatic carbocycles. The van der Waals surface area contributed by atoms with Gasteiger partial charge < -0.3 is 14.2 Å². The molecule has 0 unspecified atom stereocenters. The van der Waals surface area contributed by atoms with Crippen molar-refractivity contribution in [3.8, 4) is 0 Å². The molecule has 1 fully saturated rings. The van der Waals surface area contributed by atoms with Gasteiger partial charge in [-0.3, -0.25) is 9.59 Å². The predicted octanol–water partition coefficient (Wildman–Crippen LogP) is 3.80. The molecule has 0 atom stereocenters. The minimum absolute atomic E-state index is 0.0742. The van der Waals surface area contributed by atoms with Crippen molar-refractivity contribution in [2.45, 2.75) is 5.75 Å². The zero-order valence-corrected chi connectivity index (χ0v) is 16.3. The molecule has 0 saturated carbocycles. The van der Waals surface area contributed by atoms with Crippen molar-refractivity contribution >= 4 is 46.8 Å². The summed E-state index contributed by atoms with van der Waals surface area (Å²) in [6.45, 7) is 2.10. The van der Waals surface area contributed by atoms with Crippen LogP contribution in [0.4, 0.5) is 0 Å². The van der Waals surface area contributed by atoms with E-state index in [0.717, 1.165) is 5.56 Å². The first kappa shape index (κ1) is 19.1. The highest BCUT2D eigenvalue weighted by Crippen LogP contribution is 2.25. The van der Waals surface area contributed by atoms with E-state index in [2.05, 4.69) is 0 Å². The van der Waals surface area contributed by atoms with Crippen LogP contribution in [0.15, 0.2) is 41.0 Å². The number of hydrogen-bond donors (Lipinski definition) is 0. The fraction of sp³-hybridized carbons (Fsp3) is 0.333. The van der Waals surface area contributed by atoms with Gasteiger partial charge in [0.2, 0.25) is 5.91 Å². The molecule has 138 valence electrons. The summed E-state index contributed by atoms with van der Waals surface area (Å²) in [6, 6.07) is 8.72. The van der Waals surface area contributed by atoms with Crippen LogP contribution in [-0.4, -0.2) is 53.5 Å². The molecule has 0 spiro atoms. The van der Waals surface area contributed by atoms with Crippen LogP contribution < -0.4 is 0 Å². The van der Waals surface area contributed by atoms with Crippen molar-refractivity contribution in [1.82, 2.24) is 9.80 Å². The minimum Gasteiger partial charge on any atom is -0.459 e. The van der Waals surface area contributed by atoms with Gasteiger partial charge in [0.15, 0.2) is 5.76 Å². The quantitative estimate of drug-likeness (QED) is 0.748. The molecule has 1 aromatic heterocycles. The lowest BCUT2D eigenvalue weighted by molar-refractivity contribution is -0.129. The molecule has 1 aliphatic rings. The summed E-state index contributed by atoms with van der Waals surface area (Å²) in [7, 11) is 0. The average Bonchev–Trinajstić information content (AvgIpc) is 3.17. The number of benzene rings is 1. The first-order valence-electron chi connectivity index (χ1n) is 8.17. The molecule has 8 heteroatoms. The number of furan rings is 1. The lowest BCUT2D eigenvalue weighted by atomic mass is 10.2. The zero-order chi connectivity index (χ0) is 18.5. The third kappa shape index (κ3) is 4.75. The second-order valence-electron chi connectivity index (χ2n) is 5.88. The van der Waals surface area contributed by atoms with Crippen molar-refractivity contribution in [3.05, 3.63) is 58.0 Å². The van der Waals surface area contributed by atoms with E-state index in [9.17, 15) is 9.59 Å². The van der Waals surface area contributed by atoms with Crippen molar-refractivity contribution in [3.63, 3.8) is 0 Å². The summed E-state index contributed by atoms with van der Waals surface area (Å²) in [5.74, 6) is 1.31. The second kappa shape index (κ2) is 8.84. The van der Waals surface area contributed by atoms with Crippen molar-refractivity contribution in [1.29, 1.82) is 0 Å². The van der Waals surface area contributed by atoms with Crippen LogP contribution in [0.25, 0.3) is 0 Å². The topological polar surface area (TPSA) is 53.8 Å². The maximum atomic E-state index is 12.4. The summed E-state index contributed by atoms with van der Waals surface area (Å²) in [4.78, 5) is 28.1. The van der Waals surface area contributed by atoms with Crippen LogP contribution in [0.3, 0.4) is 0 Å². The highest BCUT2D eigenvalue weighted by atomic mass is 35.5. The third-order valence-electron chi connectivity index (χ3n) is 4.15. The lowest BCUT2D eigenvalue weighted by Gasteiger charge is -2.34. The van der Waals surface area contributed by atoms with Gasteiger partial charge in [-0.15, -0.1) is 11.8 Å². The molecular weight excluding hydrogens is 395 g/mol. The molecule has 5 nitrogen and oxygen atoms in total. The first-order valence-corrected chi connectivity index (χ1v) is 10.1. The Morgan fingerprint density at radius 2 is 1.81 bits per heavy atom. The van der Waals surface area contributed by atoms with Crippen LogP contribution >= 0.6 is 35.0 Å². The Hall–Kier alpha value is -1.63. The maximum Gasteiger partial charge on any atom is 0.289 e. The molecule has 2 heterocycles. The van der Waals surface area contributed by atoms with Crippen molar-refractivity contribution < 1.29 is 14.0 Å². The predicted molar refractivity (Wildman–Crippen MR) is 104 cm³/mol. The van der Waals surface area contributed by atoms with E-state index in [0.29, 0.717) is 53.5 Å². The number of amides is 2. The van der Waals surface area contributed by atoms with E-state index in [-0.39, 0.29) is 11.8 Å². The summed E-state index contributed by atoms with van der Waals surface area (Å²) < 4.78 is 5.14. The molecule has 0 radical (unpaired) electrons. The lowest BCUT2D eigenvalue weighted by Crippen LogP contribution is -2.51. The Morgan fingerprint density at radius 3 is 2.46 bits per heavy atom. The number of carbonyl (C=O) groups excluding carboxylic acids is 2. The number of nitrogens with zero attached hydrogens (tertiary/aromatic N) is 2. The molecule has 3 rings (SSSR count). The largest absolute Gasteiger partial charge is 0.459 e. The Kier molecular flexibility index (Phi) is 6.51. The summed E-state index contributed by atoms with van der Waals surface area (Å²) in [6.07, 6.45) is 1.48. The molecular formula is C18H18Cl2N2O3S. The number of halogens is 2. The second-order valence-corrected chi connectivity index (χ2v) is 7.71. The van der Waals surface area contributed by atoms with Crippen LogP contribution in [0.1, 0.15) is 16.1 Å². The smallest absolute Gasteiger partial charge is 0.289 e. The Labute approximate surface area is 166 Å². The molecule has 0 N–H and O–H groups in total. The zero-order valence-electron chi connectivity index (χ0n) is 14.0. The SMILES string of the molecule is O=C(CSCc1ccc(Cl)cc1Cl)N1CCN(C(=O)c2ccco2)CC1. The van der Waals surface area contributed by atoms with Gasteiger partial charge in [-0.05, 0) is 29.8 Å². The van der Waals surface area contributed by atoms with Crippen LogP contribution in [0, 0.1) is 0 Å². The Balaban J connectivity index is 1.43. The monoisotopic (exact) mass is 412 g/mol. The van der Waals surface area contributed by atoms with Crippen molar-refractivity contribution in [2.24, 2.45) is 0 Å². The van der Waals surface area contributed by atoms with Crippen LogP contribution in [0.5, 0.6) is 0 Å².